The van der Waals surface area contributed by atoms with Gasteiger partial charge in [0.1, 0.15) is 5.01 Å². The van der Waals surface area contributed by atoms with Crippen molar-refractivity contribution in [1.82, 2.24) is 10.2 Å². The summed E-state index contributed by atoms with van der Waals surface area (Å²) in [4.78, 5) is 37.4. The van der Waals surface area contributed by atoms with Gasteiger partial charge in [-0.3, -0.25) is 25.0 Å². The van der Waals surface area contributed by atoms with Gasteiger partial charge in [0.15, 0.2) is 0 Å². The third kappa shape index (κ3) is 4.32. The maximum absolute atomic E-state index is 12.7. The number of rotatable bonds is 6. The predicted molar refractivity (Wildman–Crippen MR) is 121 cm³/mol. The number of aryl methyl sites for hydroxylation is 1. The van der Waals surface area contributed by atoms with Crippen LogP contribution in [0.25, 0.3) is 0 Å². The Morgan fingerprint density at radius 2 is 2.09 bits per heavy atom. The number of nitrogens with one attached hydrogen (secondary N) is 1. The van der Waals surface area contributed by atoms with E-state index in [0.717, 1.165) is 23.7 Å². The fraction of sp³-hybridized carbons (Fsp3) is 0.238. The molecule has 2 aromatic carbocycles. The topological polar surface area (TPSA) is 118 Å². The van der Waals surface area contributed by atoms with Gasteiger partial charge < -0.3 is 4.90 Å². The number of hydrogen-bond donors (Lipinski definition) is 1. The Hall–Kier alpha value is -3.37. The van der Waals surface area contributed by atoms with Crippen LogP contribution in [0.5, 0.6) is 0 Å². The quantitative estimate of drug-likeness (QED) is 0.419. The molecule has 0 radical (unpaired) electrons. The molecule has 1 N–H and O–H groups in total. The van der Waals surface area contributed by atoms with Gasteiger partial charge in [0.25, 0.3) is 11.6 Å². The summed E-state index contributed by atoms with van der Waals surface area (Å²) in [7, 11) is 0. The van der Waals surface area contributed by atoms with Crippen molar-refractivity contribution in [2.24, 2.45) is 0 Å². The number of nitrogens with zero attached hydrogens (tertiary/aromatic N) is 4. The zero-order valence-corrected chi connectivity index (χ0v) is 18.5. The SMILES string of the molecule is CCc1ccccc1N1CC(c2nnc(NC(=O)c3cc([N+](=O)[O-])ccc3Cl)s2)CC1=O. The summed E-state index contributed by atoms with van der Waals surface area (Å²) in [6, 6.07) is 11.4. The molecule has 1 aliphatic rings. The Labute approximate surface area is 192 Å². The van der Waals surface area contributed by atoms with E-state index < -0.39 is 10.8 Å². The van der Waals surface area contributed by atoms with Crippen LogP contribution in [0.4, 0.5) is 16.5 Å². The standard InChI is InChI=1S/C21H18ClN5O4S/c1-2-12-5-3-4-6-17(12)26-11-13(9-18(26)28)20-24-25-21(32-20)23-19(29)15-10-14(27(30)31)7-8-16(15)22/h3-8,10,13H,2,9,11H2,1H3,(H,23,25,29). The normalized spacial score (nSPS) is 15.8. The lowest BCUT2D eigenvalue weighted by Gasteiger charge is -2.19. The van der Waals surface area contributed by atoms with Gasteiger partial charge >= 0.3 is 0 Å². The van der Waals surface area contributed by atoms with Crippen molar-refractivity contribution in [2.75, 3.05) is 16.8 Å². The summed E-state index contributed by atoms with van der Waals surface area (Å²) in [6.07, 6.45) is 1.12. The summed E-state index contributed by atoms with van der Waals surface area (Å²) >= 11 is 7.20. The minimum absolute atomic E-state index is 0.0139. The molecule has 1 aliphatic heterocycles. The molecule has 2 heterocycles. The number of halogens is 1. The van der Waals surface area contributed by atoms with Crippen LogP contribution in [0.3, 0.4) is 0 Å². The van der Waals surface area contributed by atoms with E-state index in [1.165, 1.54) is 23.5 Å². The third-order valence-corrected chi connectivity index (χ3v) is 6.53. The second kappa shape index (κ2) is 9.01. The van der Waals surface area contributed by atoms with Crippen molar-refractivity contribution in [1.29, 1.82) is 0 Å². The lowest BCUT2D eigenvalue weighted by atomic mass is 10.1. The Kier molecular flexibility index (Phi) is 6.15. The third-order valence-electron chi connectivity index (χ3n) is 5.20. The van der Waals surface area contributed by atoms with Gasteiger partial charge in [-0.15, -0.1) is 10.2 Å². The van der Waals surface area contributed by atoms with Crippen LogP contribution in [0, 0.1) is 10.1 Å². The molecule has 32 heavy (non-hydrogen) atoms. The van der Waals surface area contributed by atoms with Crippen molar-refractivity contribution in [3.05, 3.63) is 73.7 Å². The van der Waals surface area contributed by atoms with Gasteiger partial charge in [0, 0.05) is 36.7 Å². The second-order valence-corrected chi connectivity index (χ2v) is 8.62. The number of amides is 2. The molecular formula is C21H18ClN5O4S. The van der Waals surface area contributed by atoms with E-state index in [-0.39, 0.29) is 33.2 Å². The summed E-state index contributed by atoms with van der Waals surface area (Å²) in [5.41, 5.74) is 1.73. The number of aromatic nitrogens is 2. The average Bonchev–Trinajstić information content (AvgIpc) is 3.40. The van der Waals surface area contributed by atoms with E-state index in [0.29, 0.717) is 18.0 Å². The number of non-ortho nitro benzene ring substituents is 1. The van der Waals surface area contributed by atoms with Crippen molar-refractivity contribution in [3.63, 3.8) is 0 Å². The Bertz CT molecular complexity index is 1210. The summed E-state index contributed by atoms with van der Waals surface area (Å²) in [5.74, 6) is -0.751. The molecule has 164 valence electrons. The zero-order chi connectivity index (χ0) is 22.8. The van der Waals surface area contributed by atoms with E-state index in [9.17, 15) is 19.7 Å². The molecule has 9 nitrogen and oxygen atoms in total. The molecule has 1 unspecified atom stereocenters. The Morgan fingerprint density at radius 3 is 2.84 bits per heavy atom. The van der Waals surface area contributed by atoms with Crippen LogP contribution in [0.15, 0.2) is 42.5 Å². The smallest absolute Gasteiger partial charge is 0.270 e. The fourth-order valence-corrected chi connectivity index (χ4v) is 4.63. The molecule has 11 heteroatoms. The van der Waals surface area contributed by atoms with E-state index >= 15 is 0 Å². The van der Waals surface area contributed by atoms with Gasteiger partial charge in [-0.25, -0.2) is 0 Å². The highest BCUT2D eigenvalue weighted by atomic mass is 35.5. The number of carbonyl (C=O) groups excluding carboxylic acids is 2. The van der Waals surface area contributed by atoms with Crippen molar-refractivity contribution >= 4 is 51.3 Å². The molecule has 0 spiro atoms. The summed E-state index contributed by atoms with van der Waals surface area (Å²) < 4.78 is 0. The fourth-order valence-electron chi connectivity index (χ4n) is 3.59. The Balaban J connectivity index is 1.49. The van der Waals surface area contributed by atoms with Crippen molar-refractivity contribution in [3.8, 4) is 0 Å². The molecule has 1 fully saturated rings. The van der Waals surface area contributed by atoms with E-state index in [2.05, 4.69) is 15.5 Å². The highest BCUT2D eigenvalue weighted by Gasteiger charge is 2.34. The van der Waals surface area contributed by atoms with Crippen LogP contribution >= 0.6 is 22.9 Å². The molecule has 2 amide bonds. The second-order valence-electron chi connectivity index (χ2n) is 7.21. The highest BCUT2D eigenvalue weighted by Crippen LogP contribution is 2.35. The van der Waals surface area contributed by atoms with Crippen molar-refractivity contribution in [2.45, 2.75) is 25.7 Å². The molecule has 1 saturated heterocycles. The van der Waals surface area contributed by atoms with Gasteiger partial charge in [-0.05, 0) is 24.1 Å². The number of benzene rings is 2. The molecule has 4 rings (SSSR count). The van der Waals surface area contributed by atoms with E-state index in [1.807, 2.05) is 31.2 Å². The maximum Gasteiger partial charge on any atom is 0.270 e. The van der Waals surface area contributed by atoms with Crippen LogP contribution in [0.1, 0.15) is 40.2 Å². The minimum Gasteiger partial charge on any atom is -0.311 e. The molecule has 1 aromatic heterocycles. The lowest BCUT2D eigenvalue weighted by Crippen LogP contribution is -2.25. The number of carbonyl (C=O) groups is 2. The number of anilines is 2. The molecule has 0 bridgehead atoms. The first-order valence-corrected chi connectivity index (χ1v) is 11.0. The van der Waals surface area contributed by atoms with Crippen molar-refractivity contribution < 1.29 is 14.5 Å². The minimum atomic E-state index is -0.623. The van der Waals surface area contributed by atoms with Gasteiger partial charge in [-0.1, -0.05) is 48.1 Å². The molecule has 1 atom stereocenters. The monoisotopic (exact) mass is 471 g/mol. The van der Waals surface area contributed by atoms with Crippen LogP contribution in [-0.2, 0) is 11.2 Å². The van der Waals surface area contributed by atoms with E-state index in [1.54, 1.807) is 4.90 Å². The zero-order valence-electron chi connectivity index (χ0n) is 16.9. The van der Waals surface area contributed by atoms with Crippen LogP contribution < -0.4 is 10.2 Å². The number of para-hydroxylation sites is 1. The maximum atomic E-state index is 12.7. The summed E-state index contributed by atoms with van der Waals surface area (Å²) in [6.45, 7) is 2.53. The largest absolute Gasteiger partial charge is 0.311 e. The van der Waals surface area contributed by atoms with Gasteiger partial charge in [-0.2, -0.15) is 0 Å². The van der Waals surface area contributed by atoms with E-state index in [4.69, 9.17) is 11.6 Å². The van der Waals surface area contributed by atoms with Gasteiger partial charge in [0.05, 0.1) is 15.5 Å². The first-order chi connectivity index (χ1) is 15.4. The highest BCUT2D eigenvalue weighted by molar-refractivity contribution is 7.15. The first-order valence-electron chi connectivity index (χ1n) is 9.84. The lowest BCUT2D eigenvalue weighted by molar-refractivity contribution is -0.384. The molecule has 3 aromatic rings. The predicted octanol–water partition coefficient (Wildman–Crippen LogP) is 4.43. The first kappa shape index (κ1) is 21.8. The number of hydrogen-bond acceptors (Lipinski definition) is 7. The van der Waals surface area contributed by atoms with Crippen LogP contribution in [0.2, 0.25) is 5.02 Å². The average molecular weight is 472 g/mol. The number of nitro benzene ring substituents is 1. The molecular weight excluding hydrogens is 454 g/mol. The number of nitro groups is 1. The van der Waals surface area contributed by atoms with Gasteiger partial charge in [0.2, 0.25) is 11.0 Å². The molecule has 0 aliphatic carbocycles. The molecule has 0 saturated carbocycles. The summed E-state index contributed by atoms with van der Waals surface area (Å²) in [5, 5.41) is 22.7. The van der Waals surface area contributed by atoms with Crippen LogP contribution in [-0.4, -0.2) is 33.5 Å². The Morgan fingerprint density at radius 1 is 1.31 bits per heavy atom.